The van der Waals surface area contributed by atoms with Gasteiger partial charge in [-0.05, 0) is 57.3 Å². The van der Waals surface area contributed by atoms with Crippen LogP contribution in [0.15, 0.2) is 18.5 Å². The molecule has 4 nitrogen and oxygen atoms in total. The van der Waals surface area contributed by atoms with Crippen molar-refractivity contribution in [3.63, 3.8) is 0 Å². The summed E-state index contributed by atoms with van der Waals surface area (Å²) in [7, 11) is 0. The van der Waals surface area contributed by atoms with Gasteiger partial charge in [-0.2, -0.15) is 5.10 Å². The normalized spacial score (nSPS) is 26.0. The van der Waals surface area contributed by atoms with Crippen molar-refractivity contribution in [2.75, 3.05) is 32.7 Å². The molecule has 1 unspecified atom stereocenters. The van der Waals surface area contributed by atoms with Crippen molar-refractivity contribution in [2.24, 2.45) is 5.92 Å². The molecule has 0 radical (unpaired) electrons. The molecule has 2 aliphatic heterocycles. The quantitative estimate of drug-likeness (QED) is 0.921. The molecule has 3 rings (SSSR count). The van der Waals surface area contributed by atoms with Crippen LogP contribution in [0.2, 0.25) is 0 Å². The third-order valence-electron chi connectivity index (χ3n) is 4.35. The molecule has 1 aromatic heterocycles. The zero-order chi connectivity index (χ0) is 12.2. The van der Waals surface area contributed by atoms with Gasteiger partial charge in [0.25, 0.3) is 0 Å². The molecule has 0 aromatic carbocycles. The highest BCUT2D eigenvalue weighted by molar-refractivity contribution is 5.85. The molecule has 2 fully saturated rings. The zero-order valence-corrected chi connectivity index (χ0v) is 12.3. The van der Waals surface area contributed by atoms with Crippen LogP contribution >= 0.6 is 12.4 Å². The fourth-order valence-electron chi connectivity index (χ4n) is 3.34. The molecule has 2 saturated heterocycles. The molecule has 1 atom stereocenters. The Labute approximate surface area is 122 Å². The predicted molar refractivity (Wildman–Crippen MR) is 79.8 cm³/mol. The molecule has 3 heterocycles. The van der Waals surface area contributed by atoms with Gasteiger partial charge in [-0.3, -0.25) is 4.68 Å². The van der Waals surface area contributed by atoms with Crippen LogP contribution < -0.4 is 5.32 Å². The third-order valence-corrected chi connectivity index (χ3v) is 4.35. The van der Waals surface area contributed by atoms with Crippen molar-refractivity contribution < 1.29 is 0 Å². The Morgan fingerprint density at radius 3 is 2.79 bits per heavy atom. The minimum atomic E-state index is 0. The van der Waals surface area contributed by atoms with Crippen LogP contribution in [0.5, 0.6) is 0 Å². The topological polar surface area (TPSA) is 33.1 Å². The Bertz CT molecular complexity index is 348. The van der Waals surface area contributed by atoms with Gasteiger partial charge in [-0.25, -0.2) is 0 Å². The second kappa shape index (κ2) is 7.27. The molecule has 0 amide bonds. The van der Waals surface area contributed by atoms with Gasteiger partial charge in [0.15, 0.2) is 0 Å². The van der Waals surface area contributed by atoms with Crippen LogP contribution in [-0.4, -0.2) is 47.4 Å². The Kier molecular flexibility index (Phi) is 5.67. The molecule has 0 bridgehead atoms. The second-order valence-electron chi connectivity index (χ2n) is 5.74. The fraction of sp³-hybridized carbons (Fsp3) is 0.786. The molecule has 5 heteroatoms. The number of nitrogens with zero attached hydrogens (tertiary/aromatic N) is 3. The standard InChI is InChI=1S/C14H24N4.ClH/c1-3-14(18-10-2-6-16-18)12-17(9-1)11-13-4-7-15-8-5-13;/h2,6,10,13-15H,1,3-5,7-9,11-12H2;1H. The largest absolute Gasteiger partial charge is 0.317 e. The van der Waals surface area contributed by atoms with E-state index < -0.39 is 0 Å². The van der Waals surface area contributed by atoms with Gasteiger partial charge in [-0.15, -0.1) is 12.4 Å². The number of rotatable bonds is 3. The van der Waals surface area contributed by atoms with Crippen molar-refractivity contribution in [3.8, 4) is 0 Å². The summed E-state index contributed by atoms with van der Waals surface area (Å²) >= 11 is 0. The third kappa shape index (κ3) is 3.94. The summed E-state index contributed by atoms with van der Waals surface area (Å²) in [6.45, 7) is 6.18. The first-order chi connectivity index (χ1) is 8.92. The van der Waals surface area contributed by atoms with Gasteiger partial charge in [0.2, 0.25) is 0 Å². The lowest BCUT2D eigenvalue weighted by Crippen LogP contribution is -2.41. The summed E-state index contributed by atoms with van der Waals surface area (Å²) in [6.07, 6.45) is 9.30. The maximum absolute atomic E-state index is 4.40. The van der Waals surface area contributed by atoms with E-state index in [0.29, 0.717) is 6.04 Å². The smallest absolute Gasteiger partial charge is 0.0646 e. The number of hydrogen-bond acceptors (Lipinski definition) is 3. The van der Waals surface area contributed by atoms with Crippen molar-refractivity contribution in [1.82, 2.24) is 20.0 Å². The lowest BCUT2D eigenvalue weighted by atomic mass is 9.96. The van der Waals surface area contributed by atoms with E-state index in [0.717, 1.165) is 5.92 Å². The van der Waals surface area contributed by atoms with E-state index >= 15 is 0 Å². The number of likely N-dealkylation sites (tertiary alicyclic amines) is 1. The average molecular weight is 285 g/mol. The van der Waals surface area contributed by atoms with E-state index in [4.69, 9.17) is 0 Å². The Balaban J connectivity index is 0.00000133. The molecule has 1 aromatic rings. The summed E-state index contributed by atoms with van der Waals surface area (Å²) in [6, 6.07) is 2.63. The number of nitrogens with one attached hydrogen (secondary N) is 1. The molecular formula is C14H25ClN4. The van der Waals surface area contributed by atoms with Crippen LogP contribution in [0.4, 0.5) is 0 Å². The van der Waals surface area contributed by atoms with Gasteiger partial charge >= 0.3 is 0 Å². The summed E-state index contributed by atoms with van der Waals surface area (Å²) < 4.78 is 2.15. The Morgan fingerprint density at radius 2 is 2.05 bits per heavy atom. The lowest BCUT2D eigenvalue weighted by Gasteiger charge is -2.36. The molecule has 0 saturated carbocycles. The Morgan fingerprint density at radius 1 is 1.21 bits per heavy atom. The summed E-state index contributed by atoms with van der Waals surface area (Å²) in [5.74, 6) is 0.905. The number of aromatic nitrogens is 2. The van der Waals surface area contributed by atoms with Crippen LogP contribution in [0.1, 0.15) is 31.7 Å². The maximum atomic E-state index is 4.40. The van der Waals surface area contributed by atoms with E-state index in [1.807, 2.05) is 12.3 Å². The van der Waals surface area contributed by atoms with Gasteiger partial charge in [-0.1, -0.05) is 0 Å². The molecule has 1 N–H and O–H groups in total. The minimum Gasteiger partial charge on any atom is -0.317 e. The fourth-order valence-corrected chi connectivity index (χ4v) is 3.34. The molecule has 108 valence electrons. The van der Waals surface area contributed by atoms with Gasteiger partial charge in [0.1, 0.15) is 0 Å². The molecule has 2 aliphatic rings. The van der Waals surface area contributed by atoms with Crippen LogP contribution in [-0.2, 0) is 0 Å². The summed E-state index contributed by atoms with van der Waals surface area (Å²) in [5, 5.41) is 7.85. The van der Waals surface area contributed by atoms with Crippen molar-refractivity contribution in [1.29, 1.82) is 0 Å². The van der Waals surface area contributed by atoms with Gasteiger partial charge in [0, 0.05) is 25.5 Å². The zero-order valence-electron chi connectivity index (χ0n) is 11.5. The molecular weight excluding hydrogens is 260 g/mol. The van der Waals surface area contributed by atoms with E-state index in [9.17, 15) is 0 Å². The summed E-state index contributed by atoms with van der Waals surface area (Å²) in [5.41, 5.74) is 0. The second-order valence-corrected chi connectivity index (χ2v) is 5.74. The highest BCUT2D eigenvalue weighted by atomic mass is 35.5. The van der Waals surface area contributed by atoms with Crippen molar-refractivity contribution >= 4 is 12.4 Å². The summed E-state index contributed by atoms with van der Waals surface area (Å²) in [4.78, 5) is 2.66. The first-order valence-corrected chi connectivity index (χ1v) is 7.34. The number of hydrogen-bond donors (Lipinski definition) is 1. The lowest BCUT2D eigenvalue weighted by molar-refractivity contribution is 0.137. The van der Waals surface area contributed by atoms with Crippen molar-refractivity contribution in [3.05, 3.63) is 18.5 Å². The van der Waals surface area contributed by atoms with Crippen LogP contribution in [0.3, 0.4) is 0 Å². The highest BCUT2D eigenvalue weighted by Gasteiger charge is 2.24. The van der Waals surface area contributed by atoms with E-state index in [1.54, 1.807) is 0 Å². The SMILES string of the molecule is Cl.c1cnn(C2CCCN(CC3CCNCC3)C2)c1. The van der Waals surface area contributed by atoms with Crippen molar-refractivity contribution in [2.45, 2.75) is 31.7 Å². The van der Waals surface area contributed by atoms with Gasteiger partial charge in [0.05, 0.1) is 6.04 Å². The van der Waals surface area contributed by atoms with E-state index in [2.05, 4.69) is 26.2 Å². The first kappa shape index (κ1) is 14.8. The van der Waals surface area contributed by atoms with Gasteiger partial charge < -0.3 is 10.2 Å². The number of piperidine rings is 2. The maximum Gasteiger partial charge on any atom is 0.0646 e. The minimum absolute atomic E-state index is 0. The van der Waals surface area contributed by atoms with E-state index in [1.165, 1.54) is 58.4 Å². The van der Waals surface area contributed by atoms with Crippen LogP contribution in [0, 0.1) is 5.92 Å². The monoisotopic (exact) mass is 284 g/mol. The number of halogens is 1. The van der Waals surface area contributed by atoms with E-state index in [-0.39, 0.29) is 12.4 Å². The molecule has 0 aliphatic carbocycles. The highest BCUT2D eigenvalue weighted by Crippen LogP contribution is 2.23. The predicted octanol–water partition coefficient (Wildman–Crippen LogP) is 1.94. The molecule has 0 spiro atoms. The van der Waals surface area contributed by atoms with Crippen LogP contribution in [0.25, 0.3) is 0 Å². The molecule has 19 heavy (non-hydrogen) atoms. The average Bonchev–Trinajstić information content (AvgIpc) is 2.94. The Hall–Kier alpha value is -0.580. The first-order valence-electron chi connectivity index (χ1n) is 7.34.